The van der Waals surface area contributed by atoms with Crippen LogP contribution in [-0.2, 0) is 25.7 Å². The standard InChI is InChI=1S/C47H61N13O6/c1-4-37-46(64)56(2)38-26-50-47(53-42(38)60(37)33-7-5-6-8-33)51-36-15-11-30(25-39(36)65-3)44-55-54-41(66-44)27-49-31-17-19-59(20-18-31)45(63)35(48)28-57-21-23-58(24-22-57)32-12-9-29(10-13-32)34-14-16-40(61)52-43(34)62/h9-13,15,25-26,31,33-35,37,49H,4-8,14,16-24,27-28,48H2,1-3H3,(H,50,51,53)(H,52,61,62)/t34?,35?,37-/m1/s1. The number of nitrogens with two attached hydrogens (primary N) is 1. The number of methoxy groups -OCH3 is 1. The third-order valence-corrected chi connectivity index (χ3v) is 14.0. The van der Waals surface area contributed by atoms with Crippen molar-refractivity contribution in [2.45, 2.75) is 101 Å². The summed E-state index contributed by atoms with van der Waals surface area (Å²) in [5.41, 5.74) is 10.6. The Kier molecular flexibility index (Phi) is 13.5. The second-order valence-corrected chi connectivity index (χ2v) is 18.1. The molecule has 3 saturated heterocycles. The van der Waals surface area contributed by atoms with Gasteiger partial charge in [-0.1, -0.05) is 31.9 Å². The van der Waals surface area contributed by atoms with Crippen LogP contribution in [0.25, 0.3) is 11.5 Å². The molecule has 1 saturated carbocycles. The SMILES string of the molecule is CC[C@@H]1C(=O)N(C)c2cnc(Nc3ccc(-c4nnc(CNC5CCN(C(=O)C(N)CN6CCN(c7ccc(C8CCC(=O)NC8=O)cc7)CC6)CC5)o4)cc3OC)nc2N1C1CCCC1. The van der Waals surface area contributed by atoms with Gasteiger partial charge in [0.25, 0.3) is 0 Å². The molecule has 4 fully saturated rings. The Labute approximate surface area is 384 Å². The number of benzene rings is 2. The van der Waals surface area contributed by atoms with Crippen molar-refractivity contribution < 1.29 is 28.3 Å². The third-order valence-electron chi connectivity index (χ3n) is 14.0. The van der Waals surface area contributed by atoms with Gasteiger partial charge in [0.15, 0.2) is 5.82 Å². The maximum absolute atomic E-state index is 13.4. The Balaban J connectivity index is 0.725. The van der Waals surface area contributed by atoms with Gasteiger partial charge in [0.05, 0.1) is 37.5 Å². The summed E-state index contributed by atoms with van der Waals surface area (Å²) in [5, 5.41) is 17.9. The Morgan fingerprint density at radius 1 is 0.970 bits per heavy atom. The number of piperidine rings is 2. The smallest absolute Gasteiger partial charge is 0.249 e. The molecule has 9 rings (SSSR count). The van der Waals surface area contributed by atoms with Gasteiger partial charge >= 0.3 is 0 Å². The Morgan fingerprint density at radius 2 is 1.73 bits per heavy atom. The number of hydrogen-bond donors (Lipinski definition) is 4. The maximum Gasteiger partial charge on any atom is 0.249 e. The van der Waals surface area contributed by atoms with Crippen LogP contribution in [0.3, 0.4) is 0 Å². The van der Waals surface area contributed by atoms with Crippen molar-refractivity contribution in [3.63, 3.8) is 0 Å². The number of nitrogens with one attached hydrogen (secondary N) is 3. The number of likely N-dealkylation sites (tertiary alicyclic amines) is 1. The highest BCUT2D eigenvalue weighted by Crippen LogP contribution is 2.41. The molecule has 3 atom stereocenters. The van der Waals surface area contributed by atoms with Gasteiger partial charge in [0.2, 0.25) is 41.4 Å². The van der Waals surface area contributed by atoms with Gasteiger partial charge in [-0.15, -0.1) is 10.2 Å². The van der Waals surface area contributed by atoms with Gasteiger partial charge in [-0.25, -0.2) is 4.98 Å². The van der Waals surface area contributed by atoms with E-state index in [0.29, 0.717) is 85.9 Å². The lowest BCUT2D eigenvalue weighted by atomic mass is 9.90. The van der Waals surface area contributed by atoms with E-state index in [1.807, 2.05) is 47.4 Å². The summed E-state index contributed by atoms with van der Waals surface area (Å²) in [5.74, 6) is 1.88. The number of amides is 4. The van der Waals surface area contributed by atoms with Gasteiger partial charge in [0.1, 0.15) is 17.5 Å². The number of fused-ring (bicyclic) bond motifs is 1. The van der Waals surface area contributed by atoms with Gasteiger partial charge in [0, 0.05) is 82.6 Å². The van der Waals surface area contributed by atoms with E-state index in [4.69, 9.17) is 19.9 Å². The zero-order chi connectivity index (χ0) is 45.9. The summed E-state index contributed by atoms with van der Waals surface area (Å²) in [6.07, 6.45) is 9.25. The normalized spacial score (nSPS) is 21.5. The number of aromatic nitrogens is 4. The first kappa shape index (κ1) is 45.0. The average Bonchev–Trinajstić information content (AvgIpc) is 4.06. The number of anilines is 5. The predicted molar refractivity (Wildman–Crippen MR) is 248 cm³/mol. The molecule has 0 bridgehead atoms. The molecule has 1 aliphatic carbocycles. The monoisotopic (exact) mass is 903 g/mol. The molecule has 66 heavy (non-hydrogen) atoms. The summed E-state index contributed by atoms with van der Waals surface area (Å²) < 4.78 is 11.8. The van der Waals surface area contributed by atoms with Crippen molar-refractivity contribution in [2.75, 3.05) is 80.0 Å². The molecular weight excluding hydrogens is 843 g/mol. The zero-order valence-corrected chi connectivity index (χ0v) is 38.1. The van der Waals surface area contributed by atoms with Crippen LogP contribution in [0.4, 0.5) is 28.8 Å². The van der Waals surface area contributed by atoms with E-state index in [1.54, 1.807) is 25.3 Å². The molecule has 0 radical (unpaired) electrons. The maximum atomic E-state index is 13.4. The molecule has 2 unspecified atom stereocenters. The van der Waals surface area contributed by atoms with Gasteiger partial charge < -0.3 is 45.1 Å². The second-order valence-electron chi connectivity index (χ2n) is 18.1. The minimum atomic E-state index is -0.595. The summed E-state index contributed by atoms with van der Waals surface area (Å²) in [6, 6.07) is 13.2. The minimum absolute atomic E-state index is 0.0186. The first-order valence-corrected chi connectivity index (χ1v) is 23.5. The fraction of sp³-hybridized carbons (Fsp3) is 0.532. The van der Waals surface area contributed by atoms with E-state index in [0.717, 1.165) is 81.8 Å². The number of hydrogen-bond acceptors (Lipinski definition) is 16. The second kappa shape index (κ2) is 19.7. The lowest BCUT2D eigenvalue weighted by Gasteiger charge is -2.43. The molecular formula is C47H61N13O6. The molecule has 5 N–H and O–H groups in total. The quantitative estimate of drug-likeness (QED) is 0.133. The van der Waals surface area contributed by atoms with E-state index in [9.17, 15) is 19.2 Å². The number of likely N-dealkylation sites (N-methyl/N-ethyl adjacent to an activating group) is 1. The highest BCUT2D eigenvalue weighted by Gasteiger charge is 2.41. The largest absolute Gasteiger partial charge is 0.495 e. The molecule has 4 aliphatic heterocycles. The van der Waals surface area contributed by atoms with Crippen molar-refractivity contribution >= 4 is 52.5 Å². The van der Waals surface area contributed by atoms with Gasteiger partial charge in [-0.3, -0.25) is 29.4 Å². The highest BCUT2D eigenvalue weighted by atomic mass is 16.5. The van der Waals surface area contributed by atoms with Crippen molar-refractivity contribution in [2.24, 2.45) is 5.73 Å². The van der Waals surface area contributed by atoms with Crippen LogP contribution in [0.2, 0.25) is 0 Å². The molecule has 4 aromatic rings. The lowest BCUT2D eigenvalue weighted by molar-refractivity contribution is -0.135. The number of carbonyl (C=O) groups is 4. The van der Waals surface area contributed by atoms with Crippen molar-refractivity contribution in [1.29, 1.82) is 0 Å². The number of imide groups is 1. The van der Waals surface area contributed by atoms with Crippen LogP contribution in [-0.4, -0.2) is 138 Å². The summed E-state index contributed by atoms with van der Waals surface area (Å²) >= 11 is 0. The molecule has 350 valence electrons. The topological polar surface area (TPSA) is 221 Å². The van der Waals surface area contributed by atoms with Gasteiger partial charge in [-0.05, 0) is 74.4 Å². The predicted octanol–water partition coefficient (Wildman–Crippen LogP) is 3.53. The van der Waals surface area contributed by atoms with E-state index in [-0.39, 0.29) is 47.7 Å². The number of rotatable bonds is 14. The first-order valence-electron chi connectivity index (χ1n) is 23.5. The number of carbonyl (C=O) groups excluding carboxylic acids is 4. The molecule has 19 nitrogen and oxygen atoms in total. The van der Waals surface area contributed by atoms with Crippen LogP contribution in [0.5, 0.6) is 5.75 Å². The van der Waals surface area contributed by atoms with Crippen LogP contribution in [0, 0.1) is 0 Å². The molecule has 6 heterocycles. The van der Waals surface area contributed by atoms with Crippen molar-refractivity contribution in [3.8, 4) is 17.2 Å². The number of piperazine rings is 1. The molecule has 2 aromatic carbocycles. The van der Waals surface area contributed by atoms with Crippen LogP contribution < -0.4 is 41.1 Å². The molecule has 5 aliphatic rings. The van der Waals surface area contributed by atoms with Gasteiger partial charge in [-0.2, -0.15) is 4.98 Å². The average molecular weight is 904 g/mol. The fourth-order valence-electron chi connectivity index (χ4n) is 10.2. The van der Waals surface area contributed by atoms with Crippen LogP contribution >= 0.6 is 0 Å². The Hall–Kier alpha value is -6.18. The van der Waals surface area contributed by atoms with E-state index < -0.39 is 6.04 Å². The fourth-order valence-corrected chi connectivity index (χ4v) is 10.2. The van der Waals surface area contributed by atoms with E-state index in [2.05, 4.69) is 52.8 Å². The summed E-state index contributed by atoms with van der Waals surface area (Å²) in [4.78, 5) is 70.5. The van der Waals surface area contributed by atoms with Crippen molar-refractivity contribution in [1.82, 2.24) is 40.6 Å². The van der Waals surface area contributed by atoms with E-state index in [1.165, 1.54) is 0 Å². The molecule has 4 amide bonds. The molecule has 2 aromatic heterocycles. The number of ether oxygens (including phenoxy) is 1. The van der Waals surface area contributed by atoms with Crippen LogP contribution in [0.15, 0.2) is 53.1 Å². The number of nitrogens with zero attached hydrogens (tertiary/aromatic N) is 9. The highest BCUT2D eigenvalue weighted by molar-refractivity contribution is 6.04. The minimum Gasteiger partial charge on any atom is -0.495 e. The Bertz CT molecular complexity index is 2390. The summed E-state index contributed by atoms with van der Waals surface area (Å²) in [6.45, 7) is 7.40. The molecule has 0 spiro atoms. The third kappa shape index (κ3) is 9.55. The zero-order valence-electron chi connectivity index (χ0n) is 38.1. The first-order chi connectivity index (χ1) is 32.1. The molecule has 19 heteroatoms. The van der Waals surface area contributed by atoms with Crippen LogP contribution in [0.1, 0.15) is 82.1 Å². The summed E-state index contributed by atoms with van der Waals surface area (Å²) in [7, 11) is 3.39. The van der Waals surface area contributed by atoms with Crippen molar-refractivity contribution in [3.05, 3.63) is 60.1 Å². The Morgan fingerprint density at radius 3 is 2.44 bits per heavy atom. The van der Waals surface area contributed by atoms with E-state index >= 15 is 0 Å². The lowest BCUT2D eigenvalue weighted by Crippen LogP contribution is -2.56.